The summed E-state index contributed by atoms with van der Waals surface area (Å²) in [7, 11) is 0. The Labute approximate surface area is 140 Å². The first-order valence-electron chi connectivity index (χ1n) is 8.08. The van der Waals surface area contributed by atoms with Gasteiger partial charge in [0.1, 0.15) is 11.0 Å². The van der Waals surface area contributed by atoms with Crippen molar-refractivity contribution in [2.24, 2.45) is 0 Å². The van der Waals surface area contributed by atoms with Crippen molar-refractivity contribution >= 4 is 22.6 Å². The zero-order valence-electron chi connectivity index (χ0n) is 13.9. The van der Waals surface area contributed by atoms with Crippen LogP contribution in [0.5, 0.6) is 0 Å². The number of benzene rings is 2. The van der Waals surface area contributed by atoms with Crippen LogP contribution in [-0.4, -0.2) is 41.0 Å². The first-order chi connectivity index (χ1) is 11.7. The van der Waals surface area contributed by atoms with Crippen LogP contribution < -0.4 is 10.2 Å². The number of nitrogens with zero attached hydrogens (tertiary/aromatic N) is 3. The van der Waals surface area contributed by atoms with Gasteiger partial charge in [0.25, 0.3) is 5.91 Å². The van der Waals surface area contributed by atoms with Gasteiger partial charge in [0.15, 0.2) is 0 Å². The number of carbonyl (C=O) groups excluding carboxylic acids is 1. The molecule has 0 atom stereocenters. The third-order valence-corrected chi connectivity index (χ3v) is 4.08. The van der Waals surface area contributed by atoms with Gasteiger partial charge < -0.3 is 10.2 Å². The molecule has 0 saturated heterocycles. The van der Waals surface area contributed by atoms with Crippen molar-refractivity contribution < 1.29 is 4.79 Å². The molecule has 3 aromatic rings. The predicted molar refractivity (Wildman–Crippen MR) is 95.3 cm³/mol. The fourth-order valence-electron chi connectivity index (χ4n) is 2.76. The number of H-pyrrole nitrogens is 1. The molecule has 0 spiro atoms. The lowest BCUT2D eigenvalue weighted by Gasteiger charge is -2.25. The monoisotopic (exact) mass is 323 g/mol. The van der Waals surface area contributed by atoms with Gasteiger partial charge in [0.05, 0.1) is 0 Å². The number of rotatable bonds is 6. The highest BCUT2D eigenvalue weighted by Gasteiger charge is 2.10. The van der Waals surface area contributed by atoms with Crippen LogP contribution in [0.2, 0.25) is 0 Å². The second-order valence-electron chi connectivity index (χ2n) is 5.65. The Morgan fingerprint density at radius 3 is 2.75 bits per heavy atom. The van der Waals surface area contributed by atoms with E-state index in [1.54, 1.807) is 18.2 Å². The summed E-state index contributed by atoms with van der Waals surface area (Å²) in [6.45, 7) is 6.46. The van der Waals surface area contributed by atoms with E-state index in [4.69, 9.17) is 0 Å². The number of hydrogen-bond donors (Lipinski definition) is 2. The number of carbonyl (C=O) groups is 1. The molecule has 2 aromatic carbocycles. The van der Waals surface area contributed by atoms with E-state index in [2.05, 4.69) is 51.6 Å². The van der Waals surface area contributed by atoms with E-state index < -0.39 is 0 Å². The van der Waals surface area contributed by atoms with Crippen LogP contribution in [0.15, 0.2) is 42.5 Å². The summed E-state index contributed by atoms with van der Waals surface area (Å²) in [6.07, 6.45) is 0. The molecule has 6 nitrogen and oxygen atoms in total. The van der Waals surface area contributed by atoms with E-state index in [-0.39, 0.29) is 5.91 Å². The third-order valence-electron chi connectivity index (χ3n) is 4.08. The Morgan fingerprint density at radius 2 is 1.96 bits per heavy atom. The molecular formula is C18H21N5O. The van der Waals surface area contributed by atoms with Gasteiger partial charge in [-0.3, -0.25) is 4.79 Å². The van der Waals surface area contributed by atoms with E-state index in [1.807, 2.05) is 12.1 Å². The molecule has 0 aliphatic carbocycles. The summed E-state index contributed by atoms with van der Waals surface area (Å²) in [5, 5.41) is 13.5. The Bertz CT molecular complexity index is 842. The van der Waals surface area contributed by atoms with E-state index in [0.717, 1.165) is 18.6 Å². The van der Waals surface area contributed by atoms with E-state index >= 15 is 0 Å². The van der Waals surface area contributed by atoms with Gasteiger partial charge in [-0.25, -0.2) is 0 Å². The normalized spacial score (nSPS) is 10.8. The summed E-state index contributed by atoms with van der Waals surface area (Å²) >= 11 is 0. The number of aromatic amines is 1. The first-order valence-corrected chi connectivity index (χ1v) is 8.08. The fraction of sp³-hybridized carbons (Fsp3) is 0.278. The Hall–Kier alpha value is -2.89. The van der Waals surface area contributed by atoms with Crippen LogP contribution in [0.25, 0.3) is 11.0 Å². The zero-order valence-corrected chi connectivity index (χ0v) is 13.9. The van der Waals surface area contributed by atoms with Crippen LogP contribution in [0, 0.1) is 6.92 Å². The lowest BCUT2D eigenvalue weighted by molar-refractivity contribution is 0.0955. The molecule has 1 amide bonds. The van der Waals surface area contributed by atoms with Gasteiger partial charge in [-0.15, -0.1) is 0 Å². The smallest absolute Gasteiger partial charge is 0.251 e. The number of nitrogens with one attached hydrogen (secondary N) is 2. The summed E-state index contributed by atoms with van der Waals surface area (Å²) in [5.74, 6) is -0.0965. The van der Waals surface area contributed by atoms with Gasteiger partial charge in [-0.1, -0.05) is 18.2 Å². The molecule has 0 radical (unpaired) electrons. The van der Waals surface area contributed by atoms with E-state index in [9.17, 15) is 4.79 Å². The molecule has 0 aliphatic heterocycles. The molecule has 0 aliphatic rings. The minimum Gasteiger partial charge on any atom is -0.370 e. The van der Waals surface area contributed by atoms with E-state index in [0.29, 0.717) is 17.6 Å². The molecule has 6 heteroatoms. The minimum atomic E-state index is -0.0965. The maximum absolute atomic E-state index is 12.3. The average molecular weight is 323 g/mol. The number of aryl methyl sites for hydroxylation is 1. The average Bonchev–Trinajstić information content (AvgIpc) is 3.07. The standard InChI is InChI=1S/C18H21N5O/c1-3-23(17-7-5-4-6-13(17)2)11-10-19-18(24)14-8-9-15-16(12-14)21-22-20-15/h4-9,12H,3,10-11H2,1-2H3,(H,19,24)(H,20,21,22). The lowest BCUT2D eigenvalue weighted by atomic mass is 10.1. The van der Waals surface area contributed by atoms with Crippen molar-refractivity contribution in [3.8, 4) is 0 Å². The summed E-state index contributed by atoms with van der Waals surface area (Å²) < 4.78 is 0. The highest BCUT2D eigenvalue weighted by Crippen LogP contribution is 2.18. The molecular weight excluding hydrogens is 302 g/mol. The van der Waals surface area contributed by atoms with Crippen LogP contribution in [0.4, 0.5) is 5.69 Å². The Kier molecular flexibility index (Phi) is 4.74. The fourth-order valence-corrected chi connectivity index (χ4v) is 2.76. The third kappa shape index (κ3) is 3.37. The molecule has 2 N–H and O–H groups in total. The number of fused-ring (bicyclic) bond motifs is 1. The van der Waals surface area contributed by atoms with Gasteiger partial charge in [0, 0.05) is 30.9 Å². The van der Waals surface area contributed by atoms with Crippen molar-refractivity contribution in [1.82, 2.24) is 20.7 Å². The lowest BCUT2D eigenvalue weighted by Crippen LogP contribution is -2.35. The molecule has 0 saturated carbocycles. The van der Waals surface area contributed by atoms with E-state index in [1.165, 1.54) is 11.3 Å². The van der Waals surface area contributed by atoms with Crippen molar-refractivity contribution in [1.29, 1.82) is 0 Å². The molecule has 0 unspecified atom stereocenters. The van der Waals surface area contributed by atoms with Crippen LogP contribution in [0.1, 0.15) is 22.8 Å². The van der Waals surface area contributed by atoms with Crippen LogP contribution in [-0.2, 0) is 0 Å². The van der Waals surface area contributed by atoms with Gasteiger partial charge in [-0.05, 0) is 43.7 Å². The highest BCUT2D eigenvalue weighted by molar-refractivity contribution is 5.97. The van der Waals surface area contributed by atoms with Crippen molar-refractivity contribution in [3.63, 3.8) is 0 Å². The number of likely N-dealkylation sites (N-methyl/N-ethyl adjacent to an activating group) is 1. The number of para-hydroxylation sites is 1. The van der Waals surface area contributed by atoms with Gasteiger partial charge >= 0.3 is 0 Å². The number of hydrogen-bond acceptors (Lipinski definition) is 4. The number of aromatic nitrogens is 3. The molecule has 0 bridgehead atoms. The van der Waals surface area contributed by atoms with Crippen molar-refractivity contribution in [2.75, 3.05) is 24.5 Å². The summed E-state index contributed by atoms with van der Waals surface area (Å²) in [4.78, 5) is 14.6. The zero-order chi connectivity index (χ0) is 16.9. The minimum absolute atomic E-state index is 0.0965. The van der Waals surface area contributed by atoms with Crippen LogP contribution in [0.3, 0.4) is 0 Å². The number of anilines is 1. The SMILES string of the molecule is CCN(CCNC(=O)c1ccc2n[nH]nc2c1)c1ccccc1C. The topological polar surface area (TPSA) is 73.9 Å². The Morgan fingerprint density at radius 1 is 1.17 bits per heavy atom. The Balaban J connectivity index is 1.60. The highest BCUT2D eigenvalue weighted by atomic mass is 16.1. The second kappa shape index (κ2) is 7.12. The maximum Gasteiger partial charge on any atom is 0.251 e. The van der Waals surface area contributed by atoms with Crippen molar-refractivity contribution in [3.05, 3.63) is 53.6 Å². The van der Waals surface area contributed by atoms with Gasteiger partial charge in [-0.2, -0.15) is 15.4 Å². The maximum atomic E-state index is 12.3. The largest absolute Gasteiger partial charge is 0.370 e. The van der Waals surface area contributed by atoms with Gasteiger partial charge in [0.2, 0.25) is 0 Å². The molecule has 124 valence electrons. The number of amides is 1. The molecule has 0 fully saturated rings. The first kappa shape index (κ1) is 16.0. The molecule has 3 rings (SSSR count). The summed E-state index contributed by atoms with van der Waals surface area (Å²) in [6, 6.07) is 13.6. The second-order valence-corrected chi connectivity index (χ2v) is 5.65. The molecule has 1 aromatic heterocycles. The predicted octanol–water partition coefficient (Wildman–Crippen LogP) is 2.52. The molecule has 24 heavy (non-hydrogen) atoms. The molecule has 1 heterocycles. The summed E-state index contributed by atoms with van der Waals surface area (Å²) in [5.41, 5.74) is 4.48. The van der Waals surface area contributed by atoms with Crippen molar-refractivity contribution in [2.45, 2.75) is 13.8 Å². The van der Waals surface area contributed by atoms with Crippen LogP contribution >= 0.6 is 0 Å². The quantitative estimate of drug-likeness (QED) is 0.731.